The molecule has 0 saturated heterocycles. The maximum Gasteiger partial charge on any atom is 0.216 e. The van der Waals surface area contributed by atoms with E-state index in [-0.39, 0.29) is 11.7 Å². The van der Waals surface area contributed by atoms with E-state index in [1.807, 2.05) is 12.3 Å². The fourth-order valence-electron chi connectivity index (χ4n) is 2.66. The van der Waals surface area contributed by atoms with Crippen LogP contribution in [-0.4, -0.2) is 22.2 Å². The molecule has 1 aromatic heterocycles. The Kier molecular flexibility index (Phi) is 2.77. The van der Waals surface area contributed by atoms with E-state index in [0.717, 1.165) is 17.4 Å². The number of fused-ring (bicyclic) bond motifs is 1. The van der Waals surface area contributed by atoms with Crippen LogP contribution in [0.3, 0.4) is 0 Å². The van der Waals surface area contributed by atoms with E-state index in [0.29, 0.717) is 23.9 Å². The van der Waals surface area contributed by atoms with Crippen LogP contribution in [0.5, 0.6) is 0 Å². The summed E-state index contributed by atoms with van der Waals surface area (Å²) in [6, 6.07) is 3.33. The van der Waals surface area contributed by atoms with Gasteiger partial charge in [-0.25, -0.2) is 4.39 Å². The number of carbonyl (C=O) groups is 1. The number of aromatic nitrogens is 2. The number of hydrogen-bond acceptors (Lipinski definition) is 2. The van der Waals surface area contributed by atoms with E-state index in [4.69, 9.17) is 0 Å². The van der Waals surface area contributed by atoms with Crippen molar-refractivity contribution >= 4 is 16.8 Å². The first kappa shape index (κ1) is 12.1. The van der Waals surface area contributed by atoms with Gasteiger partial charge in [0.15, 0.2) is 5.82 Å². The maximum absolute atomic E-state index is 13.7. The predicted molar refractivity (Wildman–Crippen MR) is 70.2 cm³/mol. The first-order valence-electron chi connectivity index (χ1n) is 6.42. The lowest BCUT2D eigenvalue weighted by molar-refractivity contribution is -0.119. The molecule has 1 fully saturated rings. The van der Waals surface area contributed by atoms with E-state index in [1.54, 1.807) is 11.7 Å². The third-order valence-electron chi connectivity index (χ3n) is 3.71. The standard InChI is InChI=1S/C14H16FN3O/c1-8(19)16-6-9-5-11(9)10-3-4-13(15)14-12(10)7-18(2)17-14/h3-4,7,9,11H,5-6H2,1-2H3,(H,16,19). The van der Waals surface area contributed by atoms with Gasteiger partial charge in [0.05, 0.1) is 0 Å². The van der Waals surface area contributed by atoms with Gasteiger partial charge in [0.2, 0.25) is 5.91 Å². The fourth-order valence-corrected chi connectivity index (χ4v) is 2.66. The number of carbonyl (C=O) groups excluding carboxylic acids is 1. The molecule has 2 aromatic rings. The molecule has 1 N–H and O–H groups in total. The molecule has 1 aromatic carbocycles. The van der Waals surface area contributed by atoms with Gasteiger partial charge in [0.25, 0.3) is 0 Å². The number of benzene rings is 1. The van der Waals surface area contributed by atoms with E-state index >= 15 is 0 Å². The fraction of sp³-hybridized carbons (Fsp3) is 0.429. The van der Waals surface area contributed by atoms with Crippen LogP contribution in [0.1, 0.15) is 24.8 Å². The van der Waals surface area contributed by atoms with Crippen LogP contribution in [0.15, 0.2) is 18.3 Å². The number of nitrogens with zero attached hydrogens (tertiary/aromatic N) is 2. The zero-order valence-corrected chi connectivity index (χ0v) is 11.0. The molecule has 0 aliphatic heterocycles. The normalized spacial score (nSPS) is 21.6. The summed E-state index contributed by atoms with van der Waals surface area (Å²) in [5.41, 5.74) is 1.57. The van der Waals surface area contributed by atoms with Crippen LogP contribution in [0.4, 0.5) is 4.39 Å². The van der Waals surface area contributed by atoms with Crippen molar-refractivity contribution in [3.63, 3.8) is 0 Å². The molecular formula is C14H16FN3O. The number of halogens is 1. The van der Waals surface area contributed by atoms with Gasteiger partial charge >= 0.3 is 0 Å². The monoisotopic (exact) mass is 261 g/mol. The van der Waals surface area contributed by atoms with Gasteiger partial charge in [0, 0.05) is 32.1 Å². The highest BCUT2D eigenvalue weighted by Gasteiger charge is 2.39. The van der Waals surface area contributed by atoms with Crippen LogP contribution in [0.25, 0.3) is 10.9 Å². The van der Waals surface area contributed by atoms with Gasteiger partial charge in [0.1, 0.15) is 5.52 Å². The minimum absolute atomic E-state index is 0.00344. The van der Waals surface area contributed by atoms with Crippen molar-refractivity contribution in [2.45, 2.75) is 19.3 Å². The maximum atomic E-state index is 13.7. The highest BCUT2D eigenvalue weighted by atomic mass is 19.1. The summed E-state index contributed by atoms with van der Waals surface area (Å²) in [5, 5.41) is 7.88. The molecule has 3 rings (SSSR count). The Morgan fingerprint density at radius 3 is 3.11 bits per heavy atom. The molecule has 4 nitrogen and oxygen atoms in total. The number of nitrogens with one attached hydrogen (secondary N) is 1. The minimum atomic E-state index is -0.279. The lowest BCUT2D eigenvalue weighted by Crippen LogP contribution is -2.22. The quantitative estimate of drug-likeness (QED) is 0.918. The summed E-state index contributed by atoms with van der Waals surface area (Å²) in [6.07, 6.45) is 2.90. The van der Waals surface area contributed by atoms with E-state index < -0.39 is 0 Å². The van der Waals surface area contributed by atoms with Crippen molar-refractivity contribution in [3.05, 3.63) is 29.7 Å². The van der Waals surface area contributed by atoms with Crippen molar-refractivity contribution < 1.29 is 9.18 Å². The third kappa shape index (κ3) is 2.20. The topological polar surface area (TPSA) is 46.9 Å². The summed E-state index contributed by atoms with van der Waals surface area (Å²) in [4.78, 5) is 10.9. The van der Waals surface area contributed by atoms with Crippen molar-refractivity contribution in [1.82, 2.24) is 15.1 Å². The first-order chi connectivity index (χ1) is 9.06. The Balaban J connectivity index is 1.87. The van der Waals surface area contributed by atoms with Crippen LogP contribution in [0, 0.1) is 11.7 Å². The van der Waals surface area contributed by atoms with Gasteiger partial charge in [-0.2, -0.15) is 5.10 Å². The summed E-state index contributed by atoms with van der Waals surface area (Å²) in [7, 11) is 1.80. The molecule has 1 saturated carbocycles. The Hall–Kier alpha value is -1.91. The number of amides is 1. The molecule has 19 heavy (non-hydrogen) atoms. The minimum Gasteiger partial charge on any atom is -0.356 e. The second-order valence-electron chi connectivity index (χ2n) is 5.24. The molecule has 5 heteroatoms. The second-order valence-corrected chi connectivity index (χ2v) is 5.24. The Labute approximate surface area is 110 Å². The number of rotatable bonds is 3. The molecule has 2 unspecified atom stereocenters. The van der Waals surface area contributed by atoms with E-state index in [1.165, 1.54) is 13.0 Å². The largest absolute Gasteiger partial charge is 0.356 e. The van der Waals surface area contributed by atoms with Crippen LogP contribution in [0.2, 0.25) is 0 Å². The molecule has 1 aliphatic rings. The van der Waals surface area contributed by atoms with Crippen molar-refractivity contribution in [3.8, 4) is 0 Å². The lowest BCUT2D eigenvalue weighted by Gasteiger charge is -2.03. The molecule has 0 radical (unpaired) electrons. The summed E-state index contributed by atoms with van der Waals surface area (Å²) >= 11 is 0. The number of hydrogen-bond donors (Lipinski definition) is 1. The molecule has 2 atom stereocenters. The van der Waals surface area contributed by atoms with Crippen LogP contribution < -0.4 is 5.32 Å². The second kappa shape index (κ2) is 4.33. The SMILES string of the molecule is CC(=O)NCC1CC1c1ccc(F)c2nn(C)cc12. The van der Waals surface area contributed by atoms with Gasteiger partial charge in [-0.3, -0.25) is 9.48 Å². The first-order valence-corrected chi connectivity index (χ1v) is 6.42. The smallest absolute Gasteiger partial charge is 0.216 e. The average Bonchev–Trinajstić information content (AvgIpc) is 3.00. The molecule has 0 spiro atoms. The molecule has 1 heterocycles. The van der Waals surface area contributed by atoms with Gasteiger partial charge < -0.3 is 5.32 Å². The molecule has 100 valence electrons. The Morgan fingerprint density at radius 2 is 2.37 bits per heavy atom. The van der Waals surface area contributed by atoms with E-state index in [2.05, 4.69) is 10.4 Å². The van der Waals surface area contributed by atoms with Gasteiger partial charge in [-0.15, -0.1) is 0 Å². The predicted octanol–water partition coefficient (Wildman–Crippen LogP) is 1.95. The zero-order valence-electron chi connectivity index (χ0n) is 11.0. The number of aryl methyl sites for hydroxylation is 1. The molecule has 1 aliphatic carbocycles. The van der Waals surface area contributed by atoms with E-state index in [9.17, 15) is 9.18 Å². The van der Waals surface area contributed by atoms with Gasteiger partial charge in [-0.05, 0) is 29.9 Å². The Morgan fingerprint density at radius 1 is 1.58 bits per heavy atom. The molecule has 0 bridgehead atoms. The van der Waals surface area contributed by atoms with Gasteiger partial charge in [-0.1, -0.05) is 6.07 Å². The van der Waals surface area contributed by atoms with Crippen LogP contribution >= 0.6 is 0 Å². The summed E-state index contributed by atoms with van der Waals surface area (Å²) in [6.45, 7) is 2.22. The van der Waals surface area contributed by atoms with Crippen molar-refractivity contribution in [1.29, 1.82) is 0 Å². The highest BCUT2D eigenvalue weighted by Crippen LogP contribution is 2.49. The molecule has 1 amide bonds. The average molecular weight is 261 g/mol. The van der Waals surface area contributed by atoms with Crippen molar-refractivity contribution in [2.24, 2.45) is 13.0 Å². The summed E-state index contributed by atoms with van der Waals surface area (Å²) in [5.74, 6) is 0.576. The van der Waals surface area contributed by atoms with Crippen molar-refractivity contribution in [2.75, 3.05) is 6.54 Å². The Bertz CT molecular complexity index is 649. The zero-order chi connectivity index (χ0) is 13.6. The lowest BCUT2D eigenvalue weighted by atomic mass is 10.0. The summed E-state index contributed by atoms with van der Waals surface area (Å²) < 4.78 is 15.3. The third-order valence-corrected chi connectivity index (χ3v) is 3.71. The van der Waals surface area contributed by atoms with Crippen LogP contribution in [-0.2, 0) is 11.8 Å². The molecular weight excluding hydrogens is 245 g/mol. The highest BCUT2D eigenvalue weighted by molar-refractivity contribution is 5.83.